The van der Waals surface area contributed by atoms with Gasteiger partial charge in [0.2, 0.25) is 0 Å². The van der Waals surface area contributed by atoms with Crippen LogP contribution in [0.3, 0.4) is 0 Å². The van der Waals surface area contributed by atoms with E-state index in [-0.39, 0.29) is 11.7 Å². The highest BCUT2D eigenvalue weighted by Crippen LogP contribution is 2.34. The number of halogens is 1. The molecule has 0 fully saturated rings. The summed E-state index contributed by atoms with van der Waals surface area (Å²) < 4.78 is 17.0. The Bertz CT molecular complexity index is 604. The summed E-state index contributed by atoms with van der Waals surface area (Å²) in [5.74, 6) is -0.307. The van der Waals surface area contributed by atoms with Gasteiger partial charge in [0.25, 0.3) is 5.91 Å². The van der Waals surface area contributed by atoms with Gasteiger partial charge in [-0.25, -0.2) is 4.39 Å². The first-order valence-electron chi connectivity index (χ1n) is 6.54. The molecule has 0 saturated carbocycles. The van der Waals surface area contributed by atoms with Crippen molar-refractivity contribution >= 4 is 23.4 Å². The zero-order chi connectivity index (χ0) is 14.7. The minimum absolute atomic E-state index is 0.151. The second-order valence-corrected chi connectivity index (χ2v) is 5.53. The molecule has 20 heavy (non-hydrogen) atoms. The van der Waals surface area contributed by atoms with Crippen LogP contribution >= 0.6 is 11.9 Å². The van der Waals surface area contributed by atoms with Crippen LogP contribution in [0.2, 0.25) is 0 Å². The highest BCUT2D eigenvalue weighted by atomic mass is 32.2. The molecule has 1 aromatic rings. The number of benzene rings is 1. The monoisotopic (exact) mass is 291 g/mol. The lowest BCUT2D eigenvalue weighted by atomic mass is 9.90. The second kappa shape index (κ2) is 6.27. The van der Waals surface area contributed by atoms with Crippen LogP contribution in [-0.4, -0.2) is 12.2 Å². The molecule has 0 bridgehead atoms. The van der Waals surface area contributed by atoms with E-state index in [0.29, 0.717) is 11.1 Å². The number of rotatable bonds is 3. The van der Waals surface area contributed by atoms with Crippen molar-refractivity contribution in [3.05, 3.63) is 52.4 Å². The van der Waals surface area contributed by atoms with E-state index in [9.17, 15) is 9.18 Å². The fourth-order valence-corrected chi connectivity index (χ4v) is 2.60. The zero-order valence-corrected chi connectivity index (χ0v) is 12.7. The average Bonchev–Trinajstić information content (AvgIpc) is 2.43. The molecule has 2 rings (SSSR count). The number of aryl methyl sites for hydroxylation is 1. The van der Waals surface area contributed by atoms with Crippen molar-refractivity contribution in [2.75, 3.05) is 6.26 Å². The van der Waals surface area contributed by atoms with Gasteiger partial charge in [0, 0.05) is 17.4 Å². The molecule has 1 aromatic carbocycles. The van der Waals surface area contributed by atoms with E-state index in [1.807, 2.05) is 26.0 Å². The standard InChI is InChI=1S/C16H18FNOS/c1-10-7-8-12(16(19)18-20-3)9-14(10)13-6-4-5-11(2)15(13)17/h6-9H,4-5H2,1-3H3,(H,18,19). The van der Waals surface area contributed by atoms with Gasteiger partial charge in [-0.15, -0.1) is 0 Å². The van der Waals surface area contributed by atoms with E-state index in [4.69, 9.17) is 0 Å². The first kappa shape index (κ1) is 14.9. The molecule has 0 aromatic heterocycles. The maximum absolute atomic E-state index is 14.3. The molecule has 1 amide bonds. The Labute approximate surface area is 123 Å². The second-order valence-electron chi connectivity index (χ2n) is 4.92. The number of carbonyl (C=O) groups excluding carboxylic acids is 1. The molecule has 1 aliphatic rings. The summed E-state index contributed by atoms with van der Waals surface area (Å²) in [4.78, 5) is 11.9. The first-order chi connectivity index (χ1) is 9.54. The van der Waals surface area contributed by atoms with Crippen molar-refractivity contribution in [1.82, 2.24) is 4.72 Å². The maximum atomic E-state index is 14.3. The summed E-state index contributed by atoms with van der Waals surface area (Å²) in [6.07, 6.45) is 5.32. The van der Waals surface area contributed by atoms with E-state index in [2.05, 4.69) is 4.72 Å². The summed E-state index contributed by atoms with van der Waals surface area (Å²) in [5.41, 5.74) is 3.72. The van der Waals surface area contributed by atoms with Crippen molar-refractivity contribution < 1.29 is 9.18 Å². The molecule has 106 valence electrons. The third-order valence-electron chi connectivity index (χ3n) is 3.46. The predicted octanol–water partition coefficient (Wildman–Crippen LogP) is 4.42. The maximum Gasteiger partial charge on any atom is 0.261 e. The van der Waals surface area contributed by atoms with E-state index in [1.54, 1.807) is 18.4 Å². The Morgan fingerprint density at radius 1 is 1.35 bits per heavy atom. The number of hydrogen-bond acceptors (Lipinski definition) is 2. The van der Waals surface area contributed by atoms with Gasteiger partial charge in [-0.2, -0.15) is 0 Å². The number of amides is 1. The van der Waals surface area contributed by atoms with Gasteiger partial charge in [-0.3, -0.25) is 9.52 Å². The van der Waals surface area contributed by atoms with Gasteiger partial charge >= 0.3 is 0 Å². The van der Waals surface area contributed by atoms with Crippen molar-refractivity contribution in [3.63, 3.8) is 0 Å². The smallest absolute Gasteiger partial charge is 0.261 e. The van der Waals surface area contributed by atoms with Gasteiger partial charge in [-0.05, 0) is 55.5 Å². The van der Waals surface area contributed by atoms with Crippen LogP contribution in [0.1, 0.15) is 41.3 Å². The van der Waals surface area contributed by atoms with Crippen LogP contribution < -0.4 is 4.72 Å². The van der Waals surface area contributed by atoms with Crippen LogP contribution in [-0.2, 0) is 0 Å². The Morgan fingerprint density at radius 3 is 2.80 bits per heavy atom. The van der Waals surface area contributed by atoms with E-state index >= 15 is 0 Å². The highest BCUT2D eigenvalue weighted by Gasteiger charge is 2.18. The molecular weight excluding hydrogens is 273 g/mol. The normalized spacial score (nSPS) is 15.1. The van der Waals surface area contributed by atoms with Crippen LogP contribution in [0.15, 0.2) is 35.7 Å². The minimum atomic E-state index is -0.156. The summed E-state index contributed by atoms with van der Waals surface area (Å²) >= 11 is 1.25. The van der Waals surface area contributed by atoms with Crippen molar-refractivity contribution in [2.45, 2.75) is 26.7 Å². The lowest BCUT2D eigenvalue weighted by molar-refractivity contribution is 0.0984. The Hall–Kier alpha value is -1.55. The van der Waals surface area contributed by atoms with Crippen molar-refractivity contribution in [3.8, 4) is 0 Å². The van der Waals surface area contributed by atoms with Crippen LogP contribution in [0.25, 0.3) is 5.57 Å². The molecule has 1 N–H and O–H groups in total. The Balaban J connectivity index is 2.44. The third kappa shape index (κ3) is 2.96. The van der Waals surface area contributed by atoms with Gasteiger partial charge in [-0.1, -0.05) is 24.1 Å². The fourth-order valence-electron chi connectivity index (χ4n) is 2.30. The average molecular weight is 291 g/mol. The topological polar surface area (TPSA) is 29.1 Å². The van der Waals surface area contributed by atoms with Crippen LogP contribution in [0, 0.1) is 6.92 Å². The third-order valence-corrected chi connectivity index (χ3v) is 3.85. The van der Waals surface area contributed by atoms with Crippen LogP contribution in [0.5, 0.6) is 0 Å². The van der Waals surface area contributed by atoms with E-state index in [1.165, 1.54) is 11.9 Å². The van der Waals surface area contributed by atoms with E-state index in [0.717, 1.165) is 29.5 Å². The molecule has 0 aliphatic heterocycles. The molecule has 0 radical (unpaired) electrons. The Kier molecular flexibility index (Phi) is 4.65. The molecule has 2 nitrogen and oxygen atoms in total. The SMILES string of the molecule is CSNC(=O)c1ccc(C)c(C2=CCCC(C)=C2F)c1. The summed E-state index contributed by atoms with van der Waals surface area (Å²) in [6, 6.07) is 5.40. The van der Waals surface area contributed by atoms with Crippen LogP contribution in [0.4, 0.5) is 4.39 Å². The molecule has 0 atom stereocenters. The predicted molar refractivity (Wildman–Crippen MR) is 83.2 cm³/mol. The number of carbonyl (C=O) groups is 1. The summed E-state index contributed by atoms with van der Waals surface area (Å²) in [6.45, 7) is 3.76. The number of hydrogen-bond donors (Lipinski definition) is 1. The zero-order valence-electron chi connectivity index (χ0n) is 11.9. The first-order valence-corrected chi connectivity index (χ1v) is 7.77. The largest absolute Gasteiger partial charge is 0.296 e. The molecule has 0 heterocycles. The van der Waals surface area contributed by atoms with E-state index < -0.39 is 0 Å². The lowest BCUT2D eigenvalue weighted by Gasteiger charge is -2.16. The number of allylic oxidation sites excluding steroid dienone is 4. The van der Waals surface area contributed by atoms with Gasteiger partial charge in [0.15, 0.2) is 0 Å². The van der Waals surface area contributed by atoms with Gasteiger partial charge < -0.3 is 0 Å². The summed E-state index contributed by atoms with van der Waals surface area (Å²) in [7, 11) is 0. The molecule has 4 heteroatoms. The molecular formula is C16H18FNOS. The quantitative estimate of drug-likeness (QED) is 0.835. The Morgan fingerprint density at radius 2 is 2.10 bits per heavy atom. The molecule has 0 saturated heterocycles. The van der Waals surface area contributed by atoms with Crippen molar-refractivity contribution in [2.24, 2.45) is 0 Å². The molecule has 0 spiro atoms. The molecule has 0 unspecified atom stereocenters. The molecule has 1 aliphatic carbocycles. The number of nitrogens with one attached hydrogen (secondary N) is 1. The van der Waals surface area contributed by atoms with Gasteiger partial charge in [0.05, 0.1) is 0 Å². The van der Waals surface area contributed by atoms with Gasteiger partial charge in [0.1, 0.15) is 5.83 Å². The summed E-state index contributed by atoms with van der Waals surface area (Å²) in [5, 5.41) is 0. The fraction of sp³-hybridized carbons (Fsp3) is 0.312. The lowest BCUT2D eigenvalue weighted by Crippen LogP contribution is -2.15. The minimum Gasteiger partial charge on any atom is -0.296 e. The van der Waals surface area contributed by atoms with Crippen molar-refractivity contribution in [1.29, 1.82) is 0 Å². The highest BCUT2D eigenvalue weighted by molar-refractivity contribution is 7.97.